The molecule has 0 aromatic carbocycles. The lowest BCUT2D eigenvalue weighted by Crippen LogP contribution is -2.35. The normalized spacial score (nSPS) is 21.6. The molecule has 0 N–H and O–H groups in total. The number of amides is 1. The fourth-order valence-electron chi connectivity index (χ4n) is 2.79. The van der Waals surface area contributed by atoms with Crippen molar-refractivity contribution >= 4 is 5.91 Å². The molecule has 0 spiro atoms. The van der Waals surface area contributed by atoms with Crippen LogP contribution in [-0.2, 0) is 29.0 Å². The second kappa shape index (κ2) is 5.48. The van der Waals surface area contributed by atoms with E-state index in [-0.39, 0.29) is 12.0 Å². The summed E-state index contributed by atoms with van der Waals surface area (Å²) in [6.45, 7) is 6.24. The highest BCUT2D eigenvalue weighted by Crippen LogP contribution is 2.24. The fraction of sp³-hybridized carbons (Fsp3) is 0.667. The van der Waals surface area contributed by atoms with Crippen LogP contribution < -0.4 is 0 Å². The Morgan fingerprint density at radius 1 is 1.50 bits per heavy atom. The molecule has 1 fully saturated rings. The zero-order valence-corrected chi connectivity index (χ0v) is 12.1. The van der Waals surface area contributed by atoms with Crippen molar-refractivity contribution in [2.45, 2.75) is 52.3 Å². The maximum Gasteiger partial charge on any atom is 0.252 e. The molecular weight excluding hydrogens is 254 g/mol. The van der Waals surface area contributed by atoms with Crippen LogP contribution >= 0.6 is 0 Å². The van der Waals surface area contributed by atoms with Gasteiger partial charge in [0.25, 0.3) is 5.91 Å². The van der Waals surface area contributed by atoms with Gasteiger partial charge in [-0.05, 0) is 18.8 Å². The van der Waals surface area contributed by atoms with E-state index in [1.165, 1.54) is 0 Å². The molecule has 5 nitrogen and oxygen atoms in total. The molecule has 1 aromatic rings. The van der Waals surface area contributed by atoms with Crippen molar-refractivity contribution < 1.29 is 9.53 Å². The molecule has 0 bridgehead atoms. The van der Waals surface area contributed by atoms with Crippen molar-refractivity contribution in [3.63, 3.8) is 0 Å². The number of carbonyl (C=O) groups excluding carboxylic acids is 1. The molecule has 20 heavy (non-hydrogen) atoms. The fourth-order valence-corrected chi connectivity index (χ4v) is 2.79. The quantitative estimate of drug-likeness (QED) is 0.842. The van der Waals surface area contributed by atoms with Crippen molar-refractivity contribution in [2.75, 3.05) is 6.61 Å². The third-order valence-corrected chi connectivity index (χ3v) is 3.81. The van der Waals surface area contributed by atoms with Crippen LogP contribution in [-0.4, -0.2) is 33.5 Å². The minimum absolute atomic E-state index is 0.103. The Bertz CT molecular complexity index is 510. The predicted octanol–water partition coefficient (Wildman–Crippen LogP) is 1.70. The average Bonchev–Trinajstić information content (AvgIpc) is 3.05. The first-order valence-electron chi connectivity index (χ1n) is 7.37. The van der Waals surface area contributed by atoms with Crippen LogP contribution in [0.3, 0.4) is 0 Å². The first-order valence-corrected chi connectivity index (χ1v) is 7.37. The molecule has 2 aliphatic rings. The van der Waals surface area contributed by atoms with E-state index in [9.17, 15) is 4.79 Å². The van der Waals surface area contributed by atoms with Gasteiger partial charge >= 0.3 is 0 Å². The van der Waals surface area contributed by atoms with E-state index in [0.29, 0.717) is 25.6 Å². The number of ether oxygens (including phenoxy) is 1. The summed E-state index contributed by atoms with van der Waals surface area (Å²) in [5, 5.41) is 0. The summed E-state index contributed by atoms with van der Waals surface area (Å²) in [6, 6.07) is 0. The van der Waals surface area contributed by atoms with E-state index in [4.69, 9.17) is 4.74 Å². The number of aromatic nitrogens is 2. The van der Waals surface area contributed by atoms with Gasteiger partial charge in [-0.2, -0.15) is 0 Å². The second-order valence-electron chi connectivity index (χ2n) is 6.05. The van der Waals surface area contributed by atoms with E-state index in [2.05, 4.69) is 23.8 Å². The van der Waals surface area contributed by atoms with Crippen LogP contribution in [0.25, 0.3) is 0 Å². The maximum absolute atomic E-state index is 12.3. The molecule has 1 aromatic heterocycles. The molecule has 0 saturated carbocycles. The third-order valence-electron chi connectivity index (χ3n) is 3.81. The molecule has 1 amide bonds. The summed E-state index contributed by atoms with van der Waals surface area (Å²) in [7, 11) is 0. The highest BCUT2D eigenvalue weighted by Gasteiger charge is 2.32. The van der Waals surface area contributed by atoms with Crippen molar-refractivity contribution in [1.29, 1.82) is 0 Å². The SMILES string of the molecule is CC(C)Cc1ncc2c(n1)CN(C(=O)[C@@H]1CCCO1)C2. The third kappa shape index (κ3) is 2.68. The Hall–Kier alpha value is -1.49. The van der Waals surface area contributed by atoms with Crippen LogP contribution in [0.1, 0.15) is 43.8 Å². The van der Waals surface area contributed by atoms with Crippen molar-refractivity contribution in [1.82, 2.24) is 14.9 Å². The molecule has 1 saturated heterocycles. The molecule has 1 atom stereocenters. The standard InChI is InChI=1S/C15H21N3O2/c1-10(2)6-14-16-7-11-8-18(9-12(11)17-14)15(19)13-4-3-5-20-13/h7,10,13H,3-6,8-9H2,1-2H3/t13-/m0/s1. The Labute approximate surface area is 119 Å². The van der Waals surface area contributed by atoms with Crippen LogP contribution in [0.4, 0.5) is 0 Å². The topological polar surface area (TPSA) is 55.3 Å². The molecule has 0 aliphatic carbocycles. The predicted molar refractivity (Wildman–Crippen MR) is 73.8 cm³/mol. The van der Waals surface area contributed by atoms with Crippen molar-refractivity contribution in [3.8, 4) is 0 Å². The molecule has 3 heterocycles. The molecule has 108 valence electrons. The number of hydrogen-bond donors (Lipinski definition) is 0. The summed E-state index contributed by atoms with van der Waals surface area (Å²) < 4.78 is 5.48. The summed E-state index contributed by atoms with van der Waals surface area (Å²) in [5.41, 5.74) is 2.07. The number of rotatable bonds is 3. The lowest BCUT2D eigenvalue weighted by molar-refractivity contribution is -0.141. The number of nitrogens with zero attached hydrogens (tertiary/aromatic N) is 3. The summed E-state index contributed by atoms with van der Waals surface area (Å²) in [6.07, 6.45) is 4.34. The van der Waals surface area contributed by atoms with E-state index in [0.717, 1.165) is 36.3 Å². The van der Waals surface area contributed by atoms with Gasteiger partial charge in [-0.25, -0.2) is 9.97 Å². The molecule has 3 rings (SSSR count). The van der Waals surface area contributed by atoms with E-state index >= 15 is 0 Å². The smallest absolute Gasteiger partial charge is 0.252 e. The number of hydrogen-bond acceptors (Lipinski definition) is 4. The van der Waals surface area contributed by atoms with Gasteiger partial charge in [0.15, 0.2) is 0 Å². The van der Waals surface area contributed by atoms with Crippen LogP contribution in [0, 0.1) is 5.92 Å². The Balaban J connectivity index is 1.70. The molecule has 5 heteroatoms. The Morgan fingerprint density at radius 2 is 2.35 bits per heavy atom. The highest BCUT2D eigenvalue weighted by atomic mass is 16.5. The van der Waals surface area contributed by atoms with E-state index in [1.54, 1.807) is 0 Å². The van der Waals surface area contributed by atoms with Crippen LogP contribution in [0.5, 0.6) is 0 Å². The first-order chi connectivity index (χ1) is 9.63. The Kier molecular flexibility index (Phi) is 3.70. The van der Waals surface area contributed by atoms with E-state index < -0.39 is 0 Å². The Morgan fingerprint density at radius 3 is 3.05 bits per heavy atom. The number of fused-ring (bicyclic) bond motifs is 1. The molecule has 0 unspecified atom stereocenters. The molecule has 0 radical (unpaired) electrons. The van der Waals surface area contributed by atoms with Gasteiger partial charge in [0.05, 0.1) is 12.2 Å². The largest absolute Gasteiger partial charge is 0.368 e. The number of carbonyl (C=O) groups is 1. The lowest BCUT2D eigenvalue weighted by Gasteiger charge is -2.18. The summed E-state index contributed by atoms with van der Waals surface area (Å²) >= 11 is 0. The summed E-state index contributed by atoms with van der Waals surface area (Å²) in [5.74, 6) is 1.52. The minimum atomic E-state index is -0.243. The van der Waals surface area contributed by atoms with Crippen molar-refractivity contribution in [2.24, 2.45) is 5.92 Å². The van der Waals surface area contributed by atoms with Gasteiger partial charge in [0.2, 0.25) is 0 Å². The second-order valence-corrected chi connectivity index (χ2v) is 6.05. The van der Waals surface area contributed by atoms with Gasteiger partial charge in [-0.1, -0.05) is 13.8 Å². The average molecular weight is 275 g/mol. The summed E-state index contributed by atoms with van der Waals surface area (Å²) in [4.78, 5) is 23.2. The zero-order valence-electron chi connectivity index (χ0n) is 12.1. The van der Waals surface area contributed by atoms with E-state index in [1.807, 2.05) is 11.1 Å². The molecule has 2 aliphatic heterocycles. The first kappa shape index (κ1) is 13.5. The zero-order chi connectivity index (χ0) is 14.1. The molecular formula is C15H21N3O2. The minimum Gasteiger partial charge on any atom is -0.368 e. The van der Waals surface area contributed by atoms with Crippen LogP contribution in [0.15, 0.2) is 6.20 Å². The van der Waals surface area contributed by atoms with Crippen LogP contribution in [0.2, 0.25) is 0 Å². The van der Waals surface area contributed by atoms with Gasteiger partial charge in [0.1, 0.15) is 11.9 Å². The van der Waals surface area contributed by atoms with Gasteiger partial charge in [-0.15, -0.1) is 0 Å². The lowest BCUT2D eigenvalue weighted by atomic mass is 10.1. The monoisotopic (exact) mass is 275 g/mol. The van der Waals surface area contributed by atoms with Gasteiger partial charge in [-0.3, -0.25) is 4.79 Å². The maximum atomic E-state index is 12.3. The van der Waals surface area contributed by atoms with Crippen molar-refractivity contribution in [3.05, 3.63) is 23.3 Å². The highest BCUT2D eigenvalue weighted by molar-refractivity contribution is 5.81. The van der Waals surface area contributed by atoms with Gasteiger partial charge in [0, 0.05) is 31.3 Å². The van der Waals surface area contributed by atoms with Gasteiger partial charge < -0.3 is 9.64 Å².